The van der Waals surface area contributed by atoms with Gasteiger partial charge in [-0.25, -0.2) is 4.79 Å². The van der Waals surface area contributed by atoms with E-state index in [0.717, 1.165) is 38.0 Å². The van der Waals surface area contributed by atoms with Gasteiger partial charge in [-0.1, -0.05) is 78.1 Å². The van der Waals surface area contributed by atoms with Gasteiger partial charge >= 0.3 is 5.63 Å². The largest absolute Gasteiger partial charge is 0.507 e. The van der Waals surface area contributed by atoms with E-state index in [-0.39, 0.29) is 16.6 Å². The number of hydrogen-bond acceptors (Lipinski definition) is 5. The first-order chi connectivity index (χ1) is 15.0. The molecule has 2 aliphatic rings. The number of fused-ring (bicyclic) bond motifs is 1. The van der Waals surface area contributed by atoms with Crippen molar-refractivity contribution >= 4 is 18.4 Å². The van der Waals surface area contributed by atoms with Crippen molar-refractivity contribution in [2.45, 2.75) is 96.5 Å². The highest BCUT2D eigenvalue weighted by Crippen LogP contribution is 2.57. The van der Waals surface area contributed by atoms with Crippen molar-refractivity contribution in [1.82, 2.24) is 0 Å². The molecule has 172 valence electrons. The second-order valence-electron chi connectivity index (χ2n) is 9.39. The number of rotatable bonds is 13. The molecule has 0 amide bonds. The van der Waals surface area contributed by atoms with E-state index >= 15 is 0 Å². The van der Waals surface area contributed by atoms with Crippen molar-refractivity contribution in [3.8, 4) is 5.75 Å². The molecule has 0 aromatic carbocycles. The number of aldehydes is 1. The maximum absolute atomic E-state index is 12.1. The lowest BCUT2D eigenvalue weighted by atomic mass is 9.56. The molecule has 2 heterocycles. The molecule has 0 bridgehead atoms. The summed E-state index contributed by atoms with van der Waals surface area (Å²) in [6, 6.07) is 1.09. The molecule has 1 N–H and O–H groups in total. The Morgan fingerprint density at radius 2 is 1.65 bits per heavy atom. The number of aromatic hydroxyl groups is 1. The van der Waals surface area contributed by atoms with Gasteiger partial charge in [0.2, 0.25) is 0 Å². The first kappa shape index (κ1) is 23.8. The Bertz CT molecular complexity index is 917. The van der Waals surface area contributed by atoms with Crippen molar-refractivity contribution in [1.29, 1.82) is 0 Å². The Morgan fingerprint density at radius 1 is 1.03 bits per heavy atom. The van der Waals surface area contributed by atoms with Crippen LogP contribution < -0.4 is 16.3 Å². The summed E-state index contributed by atoms with van der Waals surface area (Å²) < 4.78 is 11.5. The molecule has 0 saturated carbocycles. The highest BCUT2D eigenvalue weighted by molar-refractivity contribution is 5.73. The number of hydrogen-bond donors (Lipinski definition) is 1. The van der Waals surface area contributed by atoms with E-state index < -0.39 is 17.1 Å². The number of ether oxygens (including phenoxy) is 1. The molecule has 31 heavy (non-hydrogen) atoms. The molecule has 0 radical (unpaired) electrons. The van der Waals surface area contributed by atoms with Crippen LogP contribution in [0.25, 0.3) is 12.2 Å². The Kier molecular flexibility index (Phi) is 8.15. The van der Waals surface area contributed by atoms with E-state index in [1.165, 1.54) is 51.4 Å². The molecule has 3 unspecified atom stereocenters. The Hall–Kier alpha value is -1.88. The summed E-state index contributed by atoms with van der Waals surface area (Å²) in [5, 5.41) is 10.9. The average Bonchev–Trinajstić information content (AvgIpc) is 2.75. The molecule has 1 spiro atoms. The molecule has 3 atom stereocenters. The van der Waals surface area contributed by atoms with Crippen LogP contribution in [0, 0.1) is 11.3 Å². The molecule has 1 fully saturated rings. The lowest BCUT2D eigenvalue weighted by molar-refractivity contribution is -0.249. The molecule has 1 aliphatic heterocycles. The third kappa shape index (κ3) is 4.82. The first-order valence-electron chi connectivity index (χ1n) is 12.2. The highest BCUT2D eigenvalue weighted by Gasteiger charge is 2.62. The number of unbranched alkanes of at least 4 members (excludes halogenated alkanes) is 8. The van der Waals surface area contributed by atoms with E-state index in [9.17, 15) is 14.7 Å². The van der Waals surface area contributed by atoms with Crippen molar-refractivity contribution in [2.24, 2.45) is 11.3 Å². The molecule has 1 aromatic rings. The lowest BCUT2D eigenvalue weighted by Crippen LogP contribution is -2.67. The van der Waals surface area contributed by atoms with Gasteiger partial charge in [0.25, 0.3) is 0 Å². The average molecular weight is 431 g/mol. The van der Waals surface area contributed by atoms with Crippen LogP contribution in [0.1, 0.15) is 90.9 Å². The summed E-state index contributed by atoms with van der Waals surface area (Å²) in [4.78, 5) is 23.8. The van der Waals surface area contributed by atoms with Crippen LogP contribution in [0.4, 0.5) is 0 Å². The van der Waals surface area contributed by atoms with E-state index in [1.807, 2.05) is 6.08 Å². The summed E-state index contributed by atoms with van der Waals surface area (Å²) in [5.74, 6) is -0.633. The van der Waals surface area contributed by atoms with Crippen LogP contribution in [0.2, 0.25) is 0 Å². The van der Waals surface area contributed by atoms with E-state index in [0.29, 0.717) is 11.8 Å². The monoisotopic (exact) mass is 430 g/mol. The van der Waals surface area contributed by atoms with Gasteiger partial charge in [0.05, 0.1) is 23.8 Å². The molecule has 5 heteroatoms. The summed E-state index contributed by atoms with van der Waals surface area (Å²) in [6.07, 6.45) is 18.5. The predicted molar refractivity (Wildman–Crippen MR) is 122 cm³/mol. The van der Waals surface area contributed by atoms with Crippen LogP contribution in [0.5, 0.6) is 5.75 Å². The molecule has 3 rings (SSSR count). The van der Waals surface area contributed by atoms with Gasteiger partial charge in [-0.2, -0.15) is 0 Å². The number of carbonyl (C=O) groups excluding carboxylic acids is 1. The second kappa shape index (κ2) is 10.6. The predicted octanol–water partition coefficient (Wildman–Crippen LogP) is 4.21. The zero-order chi connectivity index (χ0) is 22.3. The summed E-state index contributed by atoms with van der Waals surface area (Å²) in [6.45, 7) is 5.07. The van der Waals surface area contributed by atoms with Crippen LogP contribution in [-0.4, -0.2) is 23.6 Å². The maximum Gasteiger partial charge on any atom is 0.339 e. The Morgan fingerprint density at radius 3 is 2.23 bits per heavy atom. The van der Waals surface area contributed by atoms with Gasteiger partial charge in [0.15, 0.2) is 0 Å². The molecular formula is C26H38O5. The van der Waals surface area contributed by atoms with Crippen molar-refractivity contribution in [3.05, 3.63) is 27.1 Å². The van der Waals surface area contributed by atoms with Crippen LogP contribution in [-0.2, 0) is 9.53 Å². The normalized spacial score (nSPS) is 26.6. The van der Waals surface area contributed by atoms with E-state index in [2.05, 4.69) is 13.8 Å². The fourth-order valence-corrected chi connectivity index (χ4v) is 5.40. The van der Waals surface area contributed by atoms with Crippen LogP contribution in [0.15, 0.2) is 15.3 Å². The van der Waals surface area contributed by atoms with Gasteiger partial charge in [0.1, 0.15) is 23.1 Å². The summed E-state index contributed by atoms with van der Waals surface area (Å²) >= 11 is 0. The lowest BCUT2D eigenvalue weighted by Gasteiger charge is -2.60. The molecule has 1 aliphatic carbocycles. The van der Waals surface area contributed by atoms with Gasteiger partial charge in [-0.05, 0) is 25.0 Å². The number of carbonyl (C=O) groups is 1. The summed E-state index contributed by atoms with van der Waals surface area (Å²) in [5.41, 5.74) is -1.25. The minimum atomic E-state index is -0.769. The minimum Gasteiger partial charge on any atom is -0.507 e. The van der Waals surface area contributed by atoms with Gasteiger partial charge in [-0.3, -0.25) is 0 Å². The van der Waals surface area contributed by atoms with Gasteiger partial charge in [0, 0.05) is 5.41 Å². The fourth-order valence-electron chi connectivity index (χ4n) is 5.40. The smallest absolute Gasteiger partial charge is 0.339 e. The zero-order valence-electron chi connectivity index (χ0n) is 19.2. The molecule has 1 saturated heterocycles. The van der Waals surface area contributed by atoms with Crippen LogP contribution in [0.3, 0.4) is 0 Å². The minimum absolute atomic E-state index is 0.110. The summed E-state index contributed by atoms with van der Waals surface area (Å²) in [7, 11) is 0. The van der Waals surface area contributed by atoms with Crippen molar-refractivity contribution in [3.63, 3.8) is 0 Å². The van der Waals surface area contributed by atoms with Crippen LogP contribution >= 0.6 is 0 Å². The molecule has 5 nitrogen and oxygen atoms in total. The second-order valence-corrected chi connectivity index (χ2v) is 9.39. The zero-order valence-corrected chi connectivity index (χ0v) is 19.2. The highest BCUT2D eigenvalue weighted by atomic mass is 16.5. The first-order valence-corrected chi connectivity index (χ1v) is 12.2. The van der Waals surface area contributed by atoms with E-state index in [4.69, 9.17) is 9.15 Å². The fraction of sp³-hybridized carbons (Fsp3) is 0.692. The van der Waals surface area contributed by atoms with Crippen molar-refractivity contribution < 1.29 is 19.1 Å². The van der Waals surface area contributed by atoms with Gasteiger partial charge in [-0.15, -0.1) is 0 Å². The topological polar surface area (TPSA) is 76.7 Å². The third-order valence-electron chi connectivity index (χ3n) is 7.27. The Labute approximate surface area is 185 Å². The Balaban J connectivity index is 1.89. The molecule has 1 aromatic heterocycles. The third-order valence-corrected chi connectivity index (χ3v) is 7.27. The standard InChI is InChI=1S/C26H38O5/c1-3-5-7-9-10-12-14-25(13-11-8-6-4-2)19-30-26(25)17-21-22(28)16-24(29)31-23(21)15-20(26)18-27/h15-18,20,28H,3-14,19H2,1-2H3. The van der Waals surface area contributed by atoms with Gasteiger partial charge < -0.3 is 19.1 Å². The quantitative estimate of drug-likeness (QED) is 0.375. The van der Waals surface area contributed by atoms with E-state index in [1.54, 1.807) is 6.08 Å². The SMILES string of the molecule is CCCCCCCCC1(CCCCCC)COC12C=c1c(O)cc(=O)oc1=CC2C=O. The van der Waals surface area contributed by atoms with Crippen molar-refractivity contribution in [2.75, 3.05) is 6.61 Å². The molecular weight excluding hydrogens is 392 g/mol. The maximum atomic E-state index is 12.1.